The van der Waals surface area contributed by atoms with Crippen LogP contribution in [0, 0.1) is 0 Å². The largest absolute Gasteiger partial charge is 0.309 e. The van der Waals surface area contributed by atoms with Crippen LogP contribution in [0.5, 0.6) is 0 Å². The Bertz CT molecular complexity index is 1450. The van der Waals surface area contributed by atoms with E-state index in [0.29, 0.717) is 0 Å². The van der Waals surface area contributed by atoms with E-state index in [1.165, 1.54) is 44.1 Å². The molecule has 1 nitrogen and oxygen atoms in total. The van der Waals surface area contributed by atoms with Gasteiger partial charge in [-0.25, -0.2) is 0 Å². The molecule has 6 aromatic rings. The number of hydrogen-bond acceptors (Lipinski definition) is 0. The molecule has 0 aliphatic rings. The summed E-state index contributed by atoms with van der Waals surface area (Å²) in [7, 11) is 0. The minimum Gasteiger partial charge on any atom is -0.309 e. The Morgan fingerprint density at radius 2 is 0.906 bits per heavy atom. The fourth-order valence-electron chi connectivity index (χ4n) is 4.51. The first kappa shape index (κ1) is 19.1. The van der Waals surface area contributed by atoms with Crippen molar-refractivity contribution in [1.29, 1.82) is 0 Å². The summed E-state index contributed by atoms with van der Waals surface area (Å²) in [5.41, 5.74) is 8.53. The maximum atomic E-state index is 3.57. The maximum Gasteiger partial charge on any atom is 0.0541 e. The standard InChI is InChI=1S/C30H20BrN/c31-25-13-15-26(16-14-25)32-29-17-11-23(21-7-3-1-4-8-21)19-27(29)28-20-24(12-18-30(28)32)22-9-5-2-6-10-22/h1-20H. The van der Waals surface area contributed by atoms with Crippen LogP contribution in [0.25, 0.3) is 49.7 Å². The van der Waals surface area contributed by atoms with E-state index < -0.39 is 0 Å². The summed E-state index contributed by atoms with van der Waals surface area (Å²) in [5.74, 6) is 0. The molecule has 0 N–H and O–H groups in total. The van der Waals surface area contributed by atoms with Crippen LogP contribution < -0.4 is 0 Å². The van der Waals surface area contributed by atoms with Gasteiger partial charge in [0.15, 0.2) is 0 Å². The Morgan fingerprint density at radius 1 is 0.438 bits per heavy atom. The van der Waals surface area contributed by atoms with E-state index in [0.717, 1.165) is 10.2 Å². The second-order valence-electron chi connectivity index (χ2n) is 8.01. The van der Waals surface area contributed by atoms with Gasteiger partial charge in [0.1, 0.15) is 0 Å². The minimum atomic E-state index is 1.08. The van der Waals surface area contributed by atoms with Crippen LogP contribution in [-0.4, -0.2) is 4.57 Å². The van der Waals surface area contributed by atoms with Gasteiger partial charge >= 0.3 is 0 Å². The van der Waals surface area contributed by atoms with Crippen LogP contribution in [-0.2, 0) is 0 Å². The third-order valence-corrected chi connectivity index (χ3v) is 6.59. The number of fused-ring (bicyclic) bond motifs is 3. The second-order valence-corrected chi connectivity index (χ2v) is 8.92. The highest BCUT2D eigenvalue weighted by molar-refractivity contribution is 9.10. The molecule has 152 valence electrons. The van der Waals surface area contributed by atoms with Gasteiger partial charge in [-0.1, -0.05) is 88.7 Å². The lowest BCUT2D eigenvalue weighted by molar-refractivity contribution is 1.18. The molecule has 0 aliphatic carbocycles. The van der Waals surface area contributed by atoms with Gasteiger partial charge in [0.25, 0.3) is 0 Å². The maximum absolute atomic E-state index is 3.57. The van der Waals surface area contributed by atoms with Gasteiger partial charge in [0.2, 0.25) is 0 Å². The molecule has 0 amide bonds. The van der Waals surface area contributed by atoms with E-state index in [4.69, 9.17) is 0 Å². The molecular formula is C30H20BrN. The van der Waals surface area contributed by atoms with E-state index >= 15 is 0 Å². The van der Waals surface area contributed by atoms with Gasteiger partial charge in [-0.2, -0.15) is 0 Å². The molecule has 0 saturated carbocycles. The molecule has 0 radical (unpaired) electrons. The fraction of sp³-hybridized carbons (Fsp3) is 0. The molecule has 0 fully saturated rings. The topological polar surface area (TPSA) is 4.93 Å². The van der Waals surface area contributed by atoms with E-state index in [1.54, 1.807) is 0 Å². The van der Waals surface area contributed by atoms with Crippen molar-refractivity contribution >= 4 is 37.7 Å². The predicted octanol–water partition coefficient (Wildman–Crippen LogP) is 8.88. The molecule has 2 heteroatoms. The fourth-order valence-corrected chi connectivity index (χ4v) is 4.78. The Hall–Kier alpha value is -3.62. The molecule has 1 heterocycles. The number of rotatable bonds is 3. The van der Waals surface area contributed by atoms with Gasteiger partial charge in [-0.15, -0.1) is 0 Å². The number of benzene rings is 5. The lowest BCUT2D eigenvalue weighted by atomic mass is 10.0. The number of nitrogens with zero attached hydrogens (tertiary/aromatic N) is 1. The summed E-state index contributed by atoms with van der Waals surface area (Å²) in [6, 6.07) is 43.3. The Morgan fingerprint density at radius 3 is 1.38 bits per heavy atom. The zero-order chi connectivity index (χ0) is 21.5. The van der Waals surface area contributed by atoms with Crippen molar-refractivity contribution in [2.75, 3.05) is 0 Å². The summed E-state index contributed by atoms with van der Waals surface area (Å²) >= 11 is 3.57. The Kier molecular flexibility index (Phi) is 4.66. The number of hydrogen-bond donors (Lipinski definition) is 0. The van der Waals surface area contributed by atoms with Crippen LogP contribution in [0.15, 0.2) is 126 Å². The van der Waals surface area contributed by atoms with Crippen LogP contribution in [0.2, 0.25) is 0 Å². The van der Waals surface area contributed by atoms with Gasteiger partial charge < -0.3 is 4.57 Å². The Balaban J connectivity index is 1.66. The number of aromatic nitrogens is 1. The summed E-state index contributed by atoms with van der Waals surface area (Å²) in [5, 5.41) is 2.53. The molecule has 0 aliphatic heterocycles. The van der Waals surface area contributed by atoms with Crippen molar-refractivity contribution in [1.82, 2.24) is 4.57 Å². The third-order valence-electron chi connectivity index (χ3n) is 6.06. The highest BCUT2D eigenvalue weighted by Gasteiger charge is 2.14. The van der Waals surface area contributed by atoms with Crippen LogP contribution >= 0.6 is 15.9 Å². The van der Waals surface area contributed by atoms with Crippen LogP contribution in [0.1, 0.15) is 0 Å². The van der Waals surface area contributed by atoms with Gasteiger partial charge in [-0.3, -0.25) is 0 Å². The molecule has 0 saturated heterocycles. The number of halogens is 1. The average molecular weight is 474 g/mol. The second kappa shape index (κ2) is 7.81. The zero-order valence-electron chi connectivity index (χ0n) is 17.4. The van der Waals surface area contributed by atoms with E-state index in [9.17, 15) is 0 Å². The van der Waals surface area contributed by atoms with E-state index in [2.05, 4.69) is 142 Å². The van der Waals surface area contributed by atoms with Gasteiger partial charge in [0, 0.05) is 20.9 Å². The lowest BCUT2D eigenvalue weighted by Gasteiger charge is -2.09. The molecule has 32 heavy (non-hydrogen) atoms. The molecule has 1 aromatic heterocycles. The highest BCUT2D eigenvalue weighted by Crippen LogP contribution is 2.37. The summed E-state index contributed by atoms with van der Waals surface area (Å²) in [6.45, 7) is 0. The van der Waals surface area contributed by atoms with Crippen LogP contribution in [0.4, 0.5) is 0 Å². The minimum absolute atomic E-state index is 1.08. The molecule has 6 rings (SSSR count). The van der Waals surface area contributed by atoms with Crippen LogP contribution in [0.3, 0.4) is 0 Å². The van der Waals surface area contributed by atoms with Crippen molar-refractivity contribution in [2.24, 2.45) is 0 Å². The zero-order valence-corrected chi connectivity index (χ0v) is 19.0. The van der Waals surface area contributed by atoms with Crippen molar-refractivity contribution in [2.45, 2.75) is 0 Å². The molecule has 0 unspecified atom stereocenters. The van der Waals surface area contributed by atoms with Crippen molar-refractivity contribution in [3.05, 3.63) is 126 Å². The first-order valence-electron chi connectivity index (χ1n) is 10.7. The first-order valence-corrected chi connectivity index (χ1v) is 11.5. The third kappa shape index (κ3) is 3.24. The summed E-state index contributed by atoms with van der Waals surface area (Å²) < 4.78 is 3.44. The van der Waals surface area contributed by atoms with Gasteiger partial charge in [0.05, 0.1) is 11.0 Å². The highest BCUT2D eigenvalue weighted by atomic mass is 79.9. The van der Waals surface area contributed by atoms with Crippen molar-refractivity contribution in [3.8, 4) is 27.9 Å². The van der Waals surface area contributed by atoms with Crippen molar-refractivity contribution < 1.29 is 0 Å². The molecule has 0 bridgehead atoms. The quantitative estimate of drug-likeness (QED) is 0.241. The summed E-state index contributed by atoms with van der Waals surface area (Å²) in [4.78, 5) is 0. The lowest BCUT2D eigenvalue weighted by Crippen LogP contribution is -1.93. The SMILES string of the molecule is Brc1ccc(-n2c3ccc(-c4ccccc4)cc3c3cc(-c4ccccc4)ccc32)cc1. The van der Waals surface area contributed by atoms with Crippen molar-refractivity contribution in [3.63, 3.8) is 0 Å². The monoisotopic (exact) mass is 473 g/mol. The predicted molar refractivity (Wildman–Crippen MR) is 139 cm³/mol. The van der Waals surface area contributed by atoms with E-state index in [-0.39, 0.29) is 0 Å². The normalized spacial score (nSPS) is 11.3. The summed E-state index contributed by atoms with van der Waals surface area (Å²) in [6.07, 6.45) is 0. The average Bonchev–Trinajstić information content (AvgIpc) is 3.19. The smallest absolute Gasteiger partial charge is 0.0541 e. The molecule has 5 aromatic carbocycles. The molecule has 0 atom stereocenters. The first-order chi connectivity index (χ1) is 15.8. The Labute approximate surface area is 195 Å². The van der Waals surface area contributed by atoms with Gasteiger partial charge in [-0.05, 0) is 70.8 Å². The molecule has 0 spiro atoms. The molecular weight excluding hydrogens is 454 g/mol. The van der Waals surface area contributed by atoms with E-state index in [1.807, 2.05) is 0 Å².